The van der Waals surface area contributed by atoms with Gasteiger partial charge in [0, 0.05) is 12.0 Å². The van der Waals surface area contributed by atoms with E-state index in [1.165, 1.54) is 0 Å². The molecule has 0 radical (unpaired) electrons. The molecule has 2 aromatic rings. The summed E-state index contributed by atoms with van der Waals surface area (Å²) in [4.78, 5) is 12.0. The average molecular weight is 283 g/mol. The van der Waals surface area contributed by atoms with Crippen LogP contribution in [0.2, 0.25) is 0 Å². The first-order valence-electron chi connectivity index (χ1n) is 6.61. The van der Waals surface area contributed by atoms with Gasteiger partial charge in [0.1, 0.15) is 0 Å². The molecule has 0 saturated carbocycles. The Hall–Kier alpha value is -2.82. The van der Waals surface area contributed by atoms with Crippen LogP contribution in [-0.2, 0) is 11.2 Å². The van der Waals surface area contributed by atoms with Crippen molar-refractivity contribution in [2.24, 2.45) is 10.9 Å². The molecular formula is C16H17N3O2. The lowest BCUT2D eigenvalue weighted by Gasteiger charge is -2.10. The molecule has 0 aliphatic heterocycles. The standard InChI is InChI=1S/C16H17N3O2/c17-16(19-21)13-8-4-5-9-14(13)18-15(20)11-10-12-6-2-1-3-7-12/h1-9,21H,10-11H2,(H2,17,19)(H,18,20). The van der Waals surface area contributed by atoms with Gasteiger partial charge >= 0.3 is 0 Å². The van der Waals surface area contributed by atoms with Crippen molar-refractivity contribution in [1.82, 2.24) is 0 Å². The minimum absolute atomic E-state index is 0.0334. The number of benzene rings is 2. The van der Waals surface area contributed by atoms with Crippen LogP contribution in [0.3, 0.4) is 0 Å². The number of aryl methyl sites for hydroxylation is 1. The average Bonchev–Trinajstić information content (AvgIpc) is 2.54. The zero-order valence-corrected chi connectivity index (χ0v) is 11.5. The van der Waals surface area contributed by atoms with Crippen molar-refractivity contribution in [3.05, 3.63) is 65.7 Å². The second-order valence-electron chi connectivity index (χ2n) is 4.56. The Kier molecular flexibility index (Phi) is 4.93. The number of rotatable bonds is 5. The number of para-hydroxylation sites is 1. The van der Waals surface area contributed by atoms with Crippen LogP contribution in [0.5, 0.6) is 0 Å². The summed E-state index contributed by atoms with van der Waals surface area (Å²) in [5, 5.41) is 14.5. The molecule has 0 heterocycles. The van der Waals surface area contributed by atoms with Gasteiger partial charge in [0.25, 0.3) is 0 Å². The molecule has 0 aromatic heterocycles. The number of hydrogen-bond donors (Lipinski definition) is 3. The summed E-state index contributed by atoms with van der Waals surface area (Å²) in [7, 11) is 0. The first kappa shape index (κ1) is 14.6. The van der Waals surface area contributed by atoms with E-state index < -0.39 is 0 Å². The molecular weight excluding hydrogens is 266 g/mol. The number of nitrogens with zero attached hydrogens (tertiary/aromatic N) is 1. The maximum atomic E-state index is 12.0. The van der Waals surface area contributed by atoms with Crippen LogP contribution in [0.15, 0.2) is 59.8 Å². The molecule has 0 aliphatic rings. The van der Waals surface area contributed by atoms with E-state index in [0.717, 1.165) is 5.56 Å². The molecule has 2 rings (SSSR count). The third kappa shape index (κ3) is 4.07. The van der Waals surface area contributed by atoms with Crippen LogP contribution >= 0.6 is 0 Å². The second-order valence-corrected chi connectivity index (χ2v) is 4.56. The molecule has 0 spiro atoms. The van der Waals surface area contributed by atoms with Gasteiger partial charge in [0.05, 0.1) is 5.69 Å². The van der Waals surface area contributed by atoms with Crippen molar-refractivity contribution in [3.8, 4) is 0 Å². The Labute approximate surface area is 123 Å². The Morgan fingerprint density at radius 3 is 2.48 bits per heavy atom. The number of nitrogens with one attached hydrogen (secondary N) is 1. The first-order valence-corrected chi connectivity index (χ1v) is 6.61. The predicted octanol–water partition coefficient (Wildman–Crippen LogP) is 2.35. The number of carbonyl (C=O) groups is 1. The van der Waals surface area contributed by atoms with Gasteiger partial charge in [-0.3, -0.25) is 4.79 Å². The third-order valence-corrected chi connectivity index (χ3v) is 3.07. The Balaban J connectivity index is 2.00. The fourth-order valence-corrected chi connectivity index (χ4v) is 1.98. The highest BCUT2D eigenvalue weighted by Gasteiger charge is 2.09. The van der Waals surface area contributed by atoms with Gasteiger partial charge in [-0.15, -0.1) is 0 Å². The zero-order valence-electron chi connectivity index (χ0n) is 11.5. The first-order chi connectivity index (χ1) is 10.2. The van der Waals surface area contributed by atoms with Gasteiger partial charge in [0.2, 0.25) is 5.91 Å². The summed E-state index contributed by atoms with van der Waals surface area (Å²) in [6.45, 7) is 0. The highest BCUT2D eigenvalue weighted by molar-refractivity contribution is 6.05. The van der Waals surface area contributed by atoms with Gasteiger partial charge in [-0.05, 0) is 24.1 Å². The molecule has 4 N–H and O–H groups in total. The smallest absolute Gasteiger partial charge is 0.224 e. The molecule has 5 heteroatoms. The van der Waals surface area contributed by atoms with Crippen molar-refractivity contribution in [1.29, 1.82) is 0 Å². The molecule has 0 unspecified atom stereocenters. The molecule has 108 valence electrons. The maximum absolute atomic E-state index is 12.0. The van der Waals surface area contributed by atoms with Gasteiger partial charge in [-0.1, -0.05) is 47.6 Å². The van der Waals surface area contributed by atoms with Crippen LogP contribution in [-0.4, -0.2) is 17.0 Å². The topological polar surface area (TPSA) is 87.7 Å². The van der Waals surface area contributed by atoms with E-state index in [-0.39, 0.29) is 11.7 Å². The summed E-state index contributed by atoms with van der Waals surface area (Å²) in [5.74, 6) is -0.147. The van der Waals surface area contributed by atoms with Crippen LogP contribution in [0.25, 0.3) is 0 Å². The monoisotopic (exact) mass is 283 g/mol. The van der Waals surface area contributed by atoms with E-state index in [1.807, 2.05) is 30.3 Å². The Morgan fingerprint density at radius 1 is 1.10 bits per heavy atom. The number of hydrogen-bond acceptors (Lipinski definition) is 3. The molecule has 21 heavy (non-hydrogen) atoms. The Morgan fingerprint density at radius 2 is 1.76 bits per heavy atom. The van der Waals surface area contributed by atoms with Gasteiger partial charge < -0.3 is 16.3 Å². The maximum Gasteiger partial charge on any atom is 0.224 e. The molecule has 0 saturated heterocycles. The lowest BCUT2D eigenvalue weighted by Crippen LogP contribution is -2.19. The second kappa shape index (κ2) is 7.09. The summed E-state index contributed by atoms with van der Waals surface area (Å²) in [5.41, 5.74) is 7.72. The van der Waals surface area contributed by atoms with Crippen LogP contribution in [0.1, 0.15) is 17.5 Å². The lowest BCUT2D eigenvalue weighted by atomic mass is 10.1. The number of oxime groups is 1. The zero-order chi connectivity index (χ0) is 15.1. The van der Waals surface area contributed by atoms with E-state index >= 15 is 0 Å². The fourth-order valence-electron chi connectivity index (χ4n) is 1.98. The van der Waals surface area contributed by atoms with E-state index in [1.54, 1.807) is 24.3 Å². The van der Waals surface area contributed by atoms with Crippen molar-refractivity contribution in [2.75, 3.05) is 5.32 Å². The quantitative estimate of drug-likeness (QED) is 0.340. The van der Waals surface area contributed by atoms with E-state index in [2.05, 4.69) is 10.5 Å². The molecule has 0 atom stereocenters. The van der Waals surface area contributed by atoms with Crippen LogP contribution in [0.4, 0.5) is 5.69 Å². The van der Waals surface area contributed by atoms with E-state index in [9.17, 15) is 4.79 Å². The summed E-state index contributed by atoms with van der Waals surface area (Å²) in [6.07, 6.45) is 1.03. The molecule has 5 nitrogen and oxygen atoms in total. The highest BCUT2D eigenvalue weighted by Crippen LogP contribution is 2.15. The number of nitrogens with two attached hydrogens (primary N) is 1. The van der Waals surface area contributed by atoms with Crippen molar-refractivity contribution < 1.29 is 10.0 Å². The van der Waals surface area contributed by atoms with Gasteiger partial charge in [-0.2, -0.15) is 0 Å². The van der Waals surface area contributed by atoms with E-state index in [4.69, 9.17) is 10.9 Å². The third-order valence-electron chi connectivity index (χ3n) is 3.07. The number of carbonyl (C=O) groups excluding carboxylic acids is 1. The SMILES string of the molecule is N/C(=N/O)c1ccccc1NC(=O)CCc1ccccc1. The molecule has 2 aromatic carbocycles. The van der Waals surface area contributed by atoms with Gasteiger partial charge in [0.15, 0.2) is 5.84 Å². The fraction of sp³-hybridized carbons (Fsp3) is 0.125. The van der Waals surface area contributed by atoms with Crippen molar-refractivity contribution in [2.45, 2.75) is 12.8 Å². The normalized spacial score (nSPS) is 11.1. The minimum atomic E-state index is -0.114. The number of anilines is 1. The number of amides is 1. The summed E-state index contributed by atoms with van der Waals surface area (Å²) in [6, 6.07) is 16.7. The van der Waals surface area contributed by atoms with Crippen LogP contribution < -0.4 is 11.1 Å². The molecule has 0 fully saturated rings. The highest BCUT2D eigenvalue weighted by atomic mass is 16.4. The van der Waals surface area contributed by atoms with E-state index in [0.29, 0.717) is 24.1 Å². The molecule has 0 aliphatic carbocycles. The van der Waals surface area contributed by atoms with Gasteiger partial charge in [-0.25, -0.2) is 0 Å². The van der Waals surface area contributed by atoms with Crippen molar-refractivity contribution in [3.63, 3.8) is 0 Å². The summed E-state index contributed by atoms with van der Waals surface area (Å²) >= 11 is 0. The molecule has 0 bridgehead atoms. The summed E-state index contributed by atoms with van der Waals surface area (Å²) < 4.78 is 0. The lowest BCUT2D eigenvalue weighted by molar-refractivity contribution is -0.116. The molecule has 1 amide bonds. The predicted molar refractivity (Wildman–Crippen MR) is 82.3 cm³/mol. The largest absolute Gasteiger partial charge is 0.409 e. The minimum Gasteiger partial charge on any atom is -0.409 e. The van der Waals surface area contributed by atoms with Crippen molar-refractivity contribution >= 4 is 17.4 Å². The van der Waals surface area contributed by atoms with Crippen LogP contribution in [0, 0.1) is 0 Å². The Bertz CT molecular complexity index is 639. The number of amidine groups is 1.